The monoisotopic (exact) mass is 170 g/mol. The Kier molecular flexibility index (Phi) is 3.13. The van der Waals surface area contributed by atoms with Gasteiger partial charge in [0.1, 0.15) is 0 Å². The Bertz CT molecular complexity index is 180. The molecule has 0 aromatic carbocycles. The molecule has 68 valence electrons. The maximum absolute atomic E-state index is 8.61. The number of hydrogen-bond acceptors (Lipinski definition) is 4. The summed E-state index contributed by atoms with van der Waals surface area (Å²) in [4.78, 5) is 3.91. The van der Waals surface area contributed by atoms with Crippen LogP contribution in [-0.2, 0) is 0 Å². The van der Waals surface area contributed by atoms with Crippen molar-refractivity contribution in [3.05, 3.63) is 25.2 Å². The van der Waals surface area contributed by atoms with Crippen LogP contribution < -0.4 is 0 Å². The molecule has 0 aromatic rings. The summed E-state index contributed by atoms with van der Waals surface area (Å²) < 4.78 is 0. The zero-order valence-electron chi connectivity index (χ0n) is 6.93. The fourth-order valence-electron chi connectivity index (χ4n) is 1.03. The molecule has 1 aliphatic heterocycles. The van der Waals surface area contributed by atoms with Crippen LogP contribution >= 0.6 is 0 Å². The van der Waals surface area contributed by atoms with Gasteiger partial charge in [-0.15, -0.1) is 0 Å². The lowest BCUT2D eigenvalue weighted by Crippen LogP contribution is -2.25. The normalized spacial score (nSPS) is 16.2. The molecule has 2 N–H and O–H groups in total. The molecular formula is C8H14N2O2. The van der Waals surface area contributed by atoms with Gasteiger partial charge in [-0.1, -0.05) is 6.58 Å². The van der Waals surface area contributed by atoms with Crippen molar-refractivity contribution in [1.82, 2.24) is 9.80 Å². The van der Waals surface area contributed by atoms with Crippen LogP contribution in [0.3, 0.4) is 0 Å². The molecule has 0 aromatic heterocycles. The molecule has 0 unspecified atom stereocenters. The topological polar surface area (TPSA) is 46.9 Å². The summed E-state index contributed by atoms with van der Waals surface area (Å²) in [6.07, 6.45) is 4.69. The second kappa shape index (κ2) is 4.13. The van der Waals surface area contributed by atoms with Crippen LogP contribution in [0.15, 0.2) is 25.2 Å². The maximum atomic E-state index is 8.61. The average Bonchev–Trinajstić information content (AvgIpc) is 2.48. The standard InChI is InChI=1S/C8H14N2O2/c1-2-9-5-6-10(7-9)4-3-8(11)12/h2,5-6,8,11-12H,1,3-4,7H2. The summed E-state index contributed by atoms with van der Waals surface area (Å²) in [6.45, 7) is 5.02. The first-order valence-electron chi connectivity index (χ1n) is 3.89. The third kappa shape index (κ3) is 2.56. The van der Waals surface area contributed by atoms with Gasteiger partial charge in [-0.3, -0.25) is 0 Å². The lowest BCUT2D eigenvalue weighted by atomic mass is 10.4. The predicted molar refractivity (Wildman–Crippen MR) is 45.6 cm³/mol. The molecular weight excluding hydrogens is 156 g/mol. The predicted octanol–water partition coefficient (Wildman–Crippen LogP) is -0.123. The Hall–Kier alpha value is -1.00. The van der Waals surface area contributed by atoms with E-state index >= 15 is 0 Å². The number of rotatable bonds is 4. The van der Waals surface area contributed by atoms with Crippen LogP contribution in [-0.4, -0.2) is 39.5 Å². The van der Waals surface area contributed by atoms with Crippen LogP contribution in [0.25, 0.3) is 0 Å². The van der Waals surface area contributed by atoms with E-state index in [1.165, 1.54) is 0 Å². The van der Waals surface area contributed by atoms with Crippen molar-refractivity contribution in [2.75, 3.05) is 13.2 Å². The van der Waals surface area contributed by atoms with E-state index in [-0.39, 0.29) is 0 Å². The molecule has 0 saturated heterocycles. The van der Waals surface area contributed by atoms with Crippen molar-refractivity contribution in [2.45, 2.75) is 12.7 Å². The largest absolute Gasteiger partial charge is 0.368 e. The van der Waals surface area contributed by atoms with E-state index in [9.17, 15) is 0 Å². The van der Waals surface area contributed by atoms with Gasteiger partial charge < -0.3 is 20.0 Å². The minimum absolute atomic E-state index is 0.370. The summed E-state index contributed by atoms with van der Waals surface area (Å²) in [5.74, 6) is 0. The van der Waals surface area contributed by atoms with E-state index in [0.29, 0.717) is 13.0 Å². The molecule has 0 radical (unpaired) electrons. The van der Waals surface area contributed by atoms with E-state index in [4.69, 9.17) is 10.2 Å². The molecule has 0 fully saturated rings. The van der Waals surface area contributed by atoms with Gasteiger partial charge in [0.2, 0.25) is 0 Å². The molecule has 0 amide bonds. The number of aliphatic hydroxyl groups excluding tert-OH is 1. The lowest BCUT2D eigenvalue weighted by molar-refractivity contribution is -0.0486. The van der Waals surface area contributed by atoms with Crippen LogP contribution in [0.2, 0.25) is 0 Å². The smallest absolute Gasteiger partial charge is 0.153 e. The van der Waals surface area contributed by atoms with Gasteiger partial charge in [-0.2, -0.15) is 0 Å². The van der Waals surface area contributed by atoms with Crippen molar-refractivity contribution in [3.63, 3.8) is 0 Å². The summed E-state index contributed by atoms with van der Waals surface area (Å²) in [7, 11) is 0. The van der Waals surface area contributed by atoms with Crippen LogP contribution in [0.4, 0.5) is 0 Å². The fourth-order valence-corrected chi connectivity index (χ4v) is 1.03. The minimum Gasteiger partial charge on any atom is -0.368 e. The Morgan fingerprint density at radius 2 is 2.25 bits per heavy atom. The molecule has 4 nitrogen and oxygen atoms in total. The average molecular weight is 170 g/mol. The van der Waals surface area contributed by atoms with E-state index in [2.05, 4.69) is 6.58 Å². The number of hydrogen-bond donors (Lipinski definition) is 2. The highest BCUT2D eigenvalue weighted by Crippen LogP contribution is 2.06. The first-order valence-corrected chi connectivity index (χ1v) is 3.89. The SMILES string of the molecule is C=CN1C=CN(CCC(O)O)C1. The van der Waals surface area contributed by atoms with Crippen LogP contribution in [0.5, 0.6) is 0 Å². The molecule has 0 bridgehead atoms. The highest BCUT2D eigenvalue weighted by Gasteiger charge is 2.09. The minimum atomic E-state index is -1.21. The number of nitrogens with zero attached hydrogens (tertiary/aromatic N) is 2. The van der Waals surface area contributed by atoms with Gasteiger partial charge in [0.25, 0.3) is 0 Å². The number of aliphatic hydroxyl groups is 2. The van der Waals surface area contributed by atoms with Gasteiger partial charge in [-0.25, -0.2) is 0 Å². The van der Waals surface area contributed by atoms with Gasteiger partial charge in [0.15, 0.2) is 6.29 Å². The maximum Gasteiger partial charge on any atom is 0.153 e. The highest BCUT2D eigenvalue weighted by molar-refractivity contribution is 4.94. The zero-order chi connectivity index (χ0) is 8.97. The Morgan fingerprint density at radius 1 is 1.50 bits per heavy atom. The fraction of sp³-hybridized carbons (Fsp3) is 0.500. The molecule has 0 spiro atoms. The van der Waals surface area contributed by atoms with Crippen LogP contribution in [0.1, 0.15) is 6.42 Å². The molecule has 0 aliphatic carbocycles. The van der Waals surface area contributed by atoms with Gasteiger partial charge in [0.05, 0.1) is 6.67 Å². The van der Waals surface area contributed by atoms with Crippen molar-refractivity contribution in [3.8, 4) is 0 Å². The Balaban J connectivity index is 2.20. The molecule has 1 aliphatic rings. The van der Waals surface area contributed by atoms with E-state index in [1.807, 2.05) is 22.2 Å². The Morgan fingerprint density at radius 3 is 2.75 bits per heavy atom. The quantitative estimate of drug-likeness (QED) is 0.577. The van der Waals surface area contributed by atoms with Crippen LogP contribution in [0, 0.1) is 0 Å². The van der Waals surface area contributed by atoms with Crippen molar-refractivity contribution in [2.24, 2.45) is 0 Å². The molecule has 0 atom stereocenters. The molecule has 1 heterocycles. The second-order valence-corrected chi connectivity index (χ2v) is 2.72. The van der Waals surface area contributed by atoms with Gasteiger partial charge >= 0.3 is 0 Å². The van der Waals surface area contributed by atoms with Gasteiger partial charge in [0, 0.05) is 25.4 Å². The molecule has 12 heavy (non-hydrogen) atoms. The zero-order valence-corrected chi connectivity index (χ0v) is 6.93. The van der Waals surface area contributed by atoms with E-state index in [0.717, 1.165) is 6.67 Å². The van der Waals surface area contributed by atoms with E-state index < -0.39 is 6.29 Å². The third-order valence-electron chi connectivity index (χ3n) is 1.72. The molecule has 4 heteroatoms. The van der Waals surface area contributed by atoms with Crippen molar-refractivity contribution < 1.29 is 10.2 Å². The summed E-state index contributed by atoms with van der Waals surface area (Å²) in [5.41, 5.74) is 0. The summed E-state index contributed by atoms with van der Waals surface area (Å²) in [5, 5.41) is 17.2. The Labute approximate surface area is 72.0 Å². The van der Waals surface area contributed by atoms with Crippen molar-refractivity contribution in [1.29, 1.82) is 0 Å². The lowest BCUT2D eigenvalue weighted by Gasteiger charge is -2.18. The van der Waals surface area contributed by atoms with Crippen molar-refractivity contribution >= 4 is 0 Å². The molecule has 1 rings (SSSR count). The van der Waals surface area contributed by atoms with E-state index in [1.54, 1.807) is 6.20 Å². The summed E-state index contributed by atoms with van der Waals surface area (Å²) >= 11 is 0. The highest BCUT2D eigenvalue weighted by atomic mass is 16.5. The summed E-state index contributed by atoms with van der Waals surface area (Å²) in [6, 6.07) is 0. The first-order chi connectivity index (χ1) is 5.72. The first kappa shape index (κ1) is 9.09. The second-order valence-electron chi connectivity index (χ2n) is 2.72. The van der Waals surface area contributed by atoms with Gasteiger partial charge in [-0.05, 0) is 6.20 Å². The third-order valence-corrected chi connectivity index (χ3v) is 1.72. The molecule has 0 saturated carbocycles.